The van der Waals surface area contributed by atoms with Gasteiger partial charge in [-0.1, -0.05) is 30.3 Å². The van der Waals surface area contributed by atoms with Gasteiger partial charge >= 0.3 is 0 Å². The second-order valence-corrected chi connectivity index (χ2v) is 6.50. The SMILES string of the molecule is CN=C(NCc1ccc(Cn2ccccc2=O)cc1)NCc1cc(F)ccc1F.I. The molecule has 0 aliphatic rings. The second kappa shape index (κ2) is 11.4. The van der Waals surface area contributed by atoms with E-state index < -0.39 is 11.6 Å². The molecule has 0 aliphatic heterocycles. The van der Waals surface area contributed by atoms with Gasteiger partial charge in [-0.25, -0.2) is 8.78 Å². The van der Waals surface area contributed by atoms with Gasteiger partial charge in [-0.05, 0) is 35.4 Å². The zero-order chi connectivity index (χ0) is 20.6. The van der Waals surface area contributed by atoms with Gasteiger partial charge in [0.1, 0.15) is 11.6 Å². The summed E-state index contributed by atoms with van der Waals surface area (Å²) in [5.74, 6) is -0.472. The maximum Gasteiger partial charge on any atom is 0.250 e. The number of benzene rings is 2. The zero-order valence-electron chi connectivity index (χ0n) is 16.4. The van der Waals surface area contributed by atoms with Crippen LogP contribution in [-0.2, 0) is 19.6 Å². The first-order valence-electron chi connectivity index (χ1n) is 9.17. The summed E-state index contributed by atoms with van der Waals surface area (Å²) in [6, 6.07) is 16.3. The first kappa shape index (κ1) is 23.5. The summed E-state index contributed by atoms with van der Waals surface area (Å²) in [5.41, 5.74) is 2.23. The van der Waals surface area contributed by atoms with Crippen molar-refractivity contribution >= 4 is 29.9 Å². The molecule has 8 heteroatoms. The molecule has 0 bridgehead atoms. The van der Waals surface area contributed by atoms with E-state index in [2.05, 4.69) is 15.6 Å². The molecular weight excluding hydrogens is 501 g/mol. The third-order valence-electron chi connectivity index (χ3n) is 4.41. The van der Waals surface area contributed by atoms with Crippen LogP contribution in [0.15, 0.2) is 76.6 Å². The van der Waals surface area contributed by atoms with Gasteiger partial charge in [0.25, 0.3) is 5.56 Å². The summed E-state index contributed by atoms with van der Waals surface area (Å²) in [4.78, 5) is 15.9. The van der Waals surface area contributed by atoms with Crippen LogP contribution in [-0.4, -0.2) is 17.6 Å². The van der Waals surface area contributed by atoms with E-state index in [1.807, 2.05) is 30.3 Å². The van der Waals surface area contributed by atoms with Crippen molar-refractivity contribution in [3.8, 4) is 0 Å². The largest absolute Gasteiger partial charge is 0.352 e. The number of nitrogens with zero attached hydrogens (tertiary/aromatic N) is 2. The van der Waals surface area contributed by atoms with Crippen molar-refractivity contribution < 1.29 is 8.78 Å². The van der Waals surface area contributed by atoms with Gasteiger partial charge < -0.3 is 15.2 Å². The quantitative estimate of drug-likeness (QED) is 0.294. The molecule has 1 aromatic heterocycles. The van der Waals surface area contributed by atoms with Gasteiger partial charge in [0, 0.05) is 38.0 Å². The average Bonchev–Trinajstić information content (AvgIpc) is 2.73. The minimum Gasteiger partial charge on any atom is -0.352 e. The monoisotopic (exact) mass is 524 g/mol. The molecule has 5 nitrogen and oxygen atoms in total. The molecule has 3 aromatic rings. The molecule has 3 rings (SSSR count). The predicted molar refractivity (Wildman–Crippen MR) is 125 cm³/mol. The lowest BCUT2D eigenvalue weighted by Crippen LogP contribution is -2.36. The van der Waals surface area contributed by atoms with E-state index in [9.17, 15) is 13.6 Å². The van der Waals surface area contributed by atoms with Crippen molar-refractivity contribution in [2.45, 2.75) is 19.6 Å². The number of hydrogen-bond donors (Lipinski definition) is 2. The fourth-order valence-corrected chi connectivity index (χ4v) is 2.81. The topological polar surface area (TPSA) is 58.4 Å². The molecule has 0 saturated carbocycles. The normalized spacial score (nSPS) is 11.0. The Morgan fingerprint density at radius 2 is 1.67 bits per heavy atom. The summed E-state index contributed by atoms with van der Waals surface area (Å²) in [6.45, 7) is 1.14. The Morgan fingerprint density at radius 3 is 2.37 bits per heavy atom. The number of halogens is 3. The fraction of sp³-hybridized carbons (Fsp3) is 0.182. The fourth-order valence-electron chi connectivity index (χ4n) is 2.81. The standard InChI is InChI=1S/C22H22F2N4O.HI/c1-25-22(27-14-18-12-19(23)9-10-20(18)24)26-13-16-5-7-17(8-6-16)15-28-11-3-2-4-21(28)29;/h2-12H,13-15H2,1H3,(H2,25,26,27);1H. The van der Waals surface area contributed by atoms with Crippen LogP contribution in [0.5, 0.6) is 0 Å². The molecule has 0 atom stereocenters. The Kier molecular flexibility index (Phi) is 8.97. The molecule has 2 aromatic carbocycles. The molecule has 0 spiro atoms. The highest BCUT2D eigenvalue weighted by molar-refractivity contribution is 14.0. The molecule has 0 saturated heterocycles. The Bertz CT molecular complexity index is 1050. The second-order valence-electron chi connectivity index (χ2n) is 6.50. The molecule has 0 aliphatic carbocycles. The number of nitrogens with one attached hydrogen (secondary N) is 2. The lowest BCUT2D eigenvalue weighted by molar-refractivity contribution is 0.581. The van der Waals surface area contributed by atoms with Crippen molar-refractivity contribution in [1.29, 1.82) is 0 Å². The third-order valence-corrected chi connectivity index (χ3v) is 4.41. The minimum atomic E-state index is -0.482. The highest BCUT2D eigenvalue weighted by Gasteiger charge is 2.05. The van der Waals surface area contributed by atoms with Crippen LogP contribution >= 0.6 is 24.0 Å². The number of pyridine rings is 1. The van der Waals surface area contributed by atoms with Gasteiger partial charge in [-0.2, -0.15) is 0 Å². The van der Waals surface area contributed by atoms with E-state index in [0.717, 1.165) is 29.3 Å². The Labute approximate surface area is 190 Å². The van der Waals surface area contributed by atoms with Crippen LogP contribution in [0.4, 0.5) is 8.78 Å². The average molecular weight is 524 g/mol. The summed E-state index contributed by atoms with van der Waals surface area (Å²) in [7, 11) is 1.61. The molecule has 158 valence electrons. The first-order chi connectivity index (χ1) is 14.0. The number of aromatic nitrogens is 1. The number of rotatable bonds is 6. The van der Waals surface area contributed by atoms with Crippen molar-refractivity contribution in [3.63, 3.8) is 0 Å². The van der Waals surface area contributed by atoms with Gasteiger partial charge in [0.2, 0.25) is 0 Å². The molecule has 0 unspecified atom stereocenters. The Morgan fingerprint density at radius 1 is 0.967 bits per heavy atom. The minimum absolute atomic E-state index is 0. The van der Waals surface area contributed by atoms with Crippen LogP contribution in [0.1, 0.15) is 16.7 Å². The van der Waals surface area contributed by atoms with E-state index in [0.29, 0.717) is 19.0 Å². The molecule has 1 heterocycles. The van der Waals surface area contributed by atoms with E-state index in [4.69, 9.17) is 0 Å². The number of aliphatic imine (C=N–C) groups is 1. The first-order valence-corrected chi connectivity index (χ1v) is 9.17. The van der Waals surface area contributed by atoms with Crippen LogP contribution in [0, 0.1) is 11.6 Å². The van der Waals surface area contributed by atoms with Crippen LogP contribution in [0.25, 0.3) is 0 Å². The molecule has 2 N–H and O–H groups in total. The zero-order valence-corrected chi connectivity index (χ0v) is 18.8. The third kappa shape index (κ3) is 6.65. The smallest absolute Gasteiger partial charge is 0.250 e. The van der Waals surface area contributed by atoms with Gasteiger partial charge in [0.15, 0.2) is 5.96 Å². The molecular formula is C22H23F2IN4O. The van der Waals surface area contributed by atoms with Crippen LogP contribution < -0.4 is 16.2 Å². The summed E-state index contributed by atoms with van der Waals surface area (Å²) in [6.07, 6.45) is 1.76. The summed E-state index contributed by atoms with van der Waals surface area (Å²) < 4.78 is 28.6. The lowest BCUT2D eigenvalue weighted by Gasteiger charge is -2.13. The number of guanidine groups is 1. The maximum absolute atomic E-state index is 13.7. The summed E-state index contributed by atoms with van der Waals surface area (Å²) >= 11 is 0. The lowest BCUT2D eigenvalue weighted by atomic mass is 10.1. The number of hydrogen-bond acceptors (Lipinski definition) is 2. The Hall–Kier alpha value is -2.75. The van der Waals surface area contributed by atoms with E-state index in [1.165, 1.54) is 6.07 Å². The van der Waals surface area contributed by atoms with Crippen molar-refractivity contribution in [3.05, 3.63) is 106 Å². The van der Waals surface area contributed by atoms with Crippen molar-refractivity contribution in [2.24, 2.45) is 4.99 Å². The molecule has 30 heavy (non-hydrogen) atoms. The highest BCUT2D eigenvalue weighted by Crippen LogP contribution is 2.09. The van der Waals surface area contributed by atoms with Gasteiger partial charge in [-0.15, -0.1) is 24.0 Å². The van der Waals surface area contributed by atoms with E-state index in [1.54, 1.807) is 23.9 Å². The molecule has 0 fully saturated rings. The van der Waals surface area contributed by atoms with Crippen molar-refractivity contribution in [1.82, 2.24) is 15.2 Å². The Balaban J connectivity index is 0.00000320. The van der Waals surface area contributed by atoms with Crippen molar-refractivity contribution in [2.75, 3.05) is 7.05 Å². The van der Waals surface area contributed by atoms with E-state index in [-0.39, 0.29) is 41.6 Å². The molecule has 0 radical (unpaired) electrons. The van der Waals surface area contributed by atoms with Crippen LogP contribution in [0.2, 0.25) is 0 Å². The summed E-state index contributed by atoms with van der Waals surface area (Å²) in [5, 5.41) is 6.10. The molecule has 0 amide bonds. The maximum atomic E-state index is 13.7. The van der Waals surface area contributed by atoms with Crippen LogP contribution in [0.3, 0.4) is 0 Å². The predicted octanol–water partition coefficient (Wildman–Crippen LogP) is 3.66. The van der Waals surface area contributed by atoms with Gasteiger partial charge in [-0.3, -0.25) is 9.79 Å². The van der Waals surface area contributed by atoms with E-state index >= 15 is 0 Å². The van der Waals surface area contributed by atoms with Gasteiger partial charge in [0.05, 0.1) is 6.54 Å². The highest BCUT2D eigenvalue weighted by atomic mass is 127.